The number of hydrogen-bond donors (Lipinski definition) is 0. The van der Waals surface area contributed by atoms with Gasteiger partial charge in [-0.3, -0.25) is 0 Å². The molecule has 72 valence electrons. The van der Waals surface area contributed by atoms with Crippen LogP contribution in [-0.2, 0) is 0 Å². The molecular formula is C12H12S2. The van der Waals surface area contributed by atoms with Crippen LogP contribution in [0, 0.1) is 0 Å². The van der Waals surface area contributed by atoms with E-state index in [9.17, 15) is 0 Å². The highest BCUT2D eigenvalue weighted by Gasteiger charge is 2.12. The number of fused-ring (bicyclic) bond motifs is 1. The smallest absolute Gasteiger partial charge is 0.0284 e. The third kappa shape index (κ3) is 1.64. The van der Waals surface area contributed by atoms with E-state index in [4.69, 9.17) is 0 Å². The quantitative estimate of drug-likeness (QED) is 0.694. The van der Waals surface area contributed by atoms with Crippen molar-refractivity contribution in [1.82, 2.24) is 0 Å². The highest BCUT2D eigenvalue weighted by atomic mass is 32.2. The number of hydrogen-bond acceptors (Lipinski definition) is 2. The summed E-state index contributed by atoms with van der Waals surface area (Å²) in [4.78, 5) is 2.79. The molecule has 2 aliphatic rings. The number of rotatable bonds is 2. The van der Waals surface area contributed by atoms with E-state index in [1.165, 1.54) is 20.9 Å². The van der Waals surface area contributed by atoms with Crippen molar-refractivity contribution in [2.45, 2.75) is 9.79 Å². The molecule has 0 unspecified atom stereocenters. The Bertz CT molecular complexity index is 409. The van der Waals surface area contributed by atoms with E-state index in [-0.39, 0.29) is 0 Å². The van der Waals surface area contributed by atoms with Crippen molar-refractivity contribution in [3.05, 3.63) is 36.4 Å². The molecule has 0 N–H and O–H groups in total. The lowest BCUT2D eigenvalue weighted by molar-refractivity contribution is 1.35. The molecule has 0 saturated carbocycles. The average Bonchev–Trinajstić information content (AvgIpc) is 2.39. The first-order valence-electron chi connectivity index (χ1n) is 4.46. The molecule has 2 heteroatoms. The topological polar surface area (TPSA) is 0 Å². The summed E-state index contributed by atoms with van der Waals surface area (Å²) in [7, 11) is 0. The van der Waals surface area contributed by atoms with Crippen LogP contribution in [-0.4, -0.2) is 12.5 Å². The summed E-state index contributed by atoms with van der Waals surface area (Å²) in [6.45, 7) is 0. The first-order chi connectivity index (χ1) is 6.86. The van der Waals surface area contributed by atoms with Crippen LogP contribution in [0.4, 0.5) is 0 Å². The molecule has 2 rings (SSSR count). The third-order valence-corrected chi connectivity index (χ3v) is 3.99. The fraction of sp³-hybridized carbons (Fsp3) is 0.167. The third-order valence-electron chi connectivity index (χ3n) is 2.25. The normalized spacial score (nSPS) is 10.7. The maximum Gasteiger partial charge on any atom is 0.0284 e. The summed E-state index contributed by atoms with van der Waals surface area (Å²) in [5.74, 6) is 0. The lowest BCUT2D eigenvalue weighted by atomic mass is 10.2. The van der Waals surface area contributed by atoms with Crippen LogP contribution < -0.4 is 0 Å². The van der Waals surface area contributed by atoms with Crippen LogP contribution in [0.15, 0.2) is 46.2 Å². The molecule has 14 heavy (non-hydrogen) atoms. The van der Waals surface area contributed by atoms with Gasteiger partial charge in [0.05, 0.1) is 0 Å². The van der Waals surface area contributed by atoms with E-state index in [1.54, 1.807) is 0 Å². The molecule has 2 aliphatic carbocycles. The highest BCUT2D eigenvalue weighted by Crippen LogP contribution is 2.41. The van der Waals surface area contributed by atoms with Crippen molar-refractivity contribution in [3.63, 3.8) is 0 Å². The van der Waals surface area contributed by atoms with Crippen LogP contribution in [0.2, 0.25) is 0 Å². The fourth-order valence-corrected chi connectivity index (χ4v) is 3.30. The Labute approximate surface area is 93.4 Å². The van der Waals surface area contributed by atoms with Crippen molar-refractivity contribution in [2.24, 2.45) is 0 Å². The van der Waals surface area contributed by atoms with Crippen LogP contribution in [0.25, 0.3) is 11.1 Å². The van der Waals surface area contributed by atoms with Crippen molar-refractivity contribution >= 4 is 23.5 Å². The Morgan fingerprint density at radius 3 is 2.43 bits per heavy atom. The van der Waals surface area contributed by atoms with Gasteiger partial charge in [0.25, 0.3) is 0 Å². The molecule has 0 spiro atoms. The zero-order chi connectivity index (χ0) is 9.97. The molecule has 0 heterocycles. The lowest BCUT2D eigenvalue weighted by Crippen LogP contribution is -1.70. The van der Waals surface area contributed by atoms with Crippen molar-refractivity contribution in [2.75, 3.05) is 12.5 Å². The number of thioether (sulfide) groups is 2. The summed E-state index contributed by atoms with van der Waals surface area (Å²) in [5.41, 5.74) is 2.70. The van der Waals surface area contributed by atoms with Gasteiger partial charge in [0, 0.05) is 9.79 Å². The van der Waals surface area contributed by atoms with Crippen LogP contribution in [0.3, 0.4) is 0 Å². The largest absolute Gasteiger partial charge is 0.128 e. The summed E-state index contributed by atoms with van der Waals surface area (Å²) < 4.78 is 0. The zero-order valence-corrected chi connectivity index (χ0v) is 9.91. The van der Waals surface area contributed by atoms with Gasteiger partial charge >= 0.3 is 0 Å². The van der Waals surface area contributed by atoms with Crippen LogP contribution >= 0.6 is 23.5 Å². The highest BCUT2D eigenvalue weighted by molar-refractivity contribution is 8.01. The van der Waals surface area contributed by atoms with Crippen LogP contribution in [0.5, 0.6) is 0 Å². The second-order valence-corrected chi connectivity index (χ2v) is 4.69. The van der Waals surface area contributed by atoms with Gasteiger partial charge in [0.15, 0.2) is 0 Å². The van der Waals surface area contributed by atoms with E-state index < -0.39 is 0 Å². The zero-order valence-electron chi connectivity index (χ0n) is 8.28. The van der Waals surface area contributed by atoms with Gasteiger partial charge in [0.1, 0.15) is 0 Å². The molecule has 0 saturated heterocycles. The van der Waals surface area contributed by atoms with E-state index in [1.807, 2.05) is 23.5 Å². The van der Waals surface area contributed by atoms with Gasteiger partial charge in [-0.1, -0.05) is 30.3 Å². The first kappa shape index (κ1) is 9.94. The lowest BCUT2D eigenvalue weighted by Gasteiger charge is -1.98. The monoisotopic (exact) mass is 220 g/mol. The predicted molar refractivity (Wildman–Crippen MR) is 66.6 cm³/mol. The van der Waals surface area contributed by atoms with E-state index in [2.05, 4.69) is 48.9 Å². The predicted octanol–water partition coefficient (Wildman–Crippen LogP) is 4.24. The Hall–Kier alpha value is -0.600. The maximum absolute atomic E-state index is 2.27. The second kappa shape index (κ2) is 4.28. The molecule has 0 bridgehead atoms. The van der Waals surface area contributed by atoms with Crippen molar-refractivity contribution in [1.29, 1.82) is 0 Å². The summed E-state index contributed by atoms with van der Waals surface area (Å²) in [6.07, 6.45) is 4.27. The SMILES string of the molecule is CSc1cc2cccccc-2c1SC. The van der Waals surface area contributed by atoms with Gasteiger partial charge in [-0.25, -0.2) is 0 Å². The van der Waals surface area contributed by atoms with Gasteiger partial charge in [-0.15, -0.1) is 23.5 Å². The molecular weight excluding hydrogens is 208 g/mol. The molecule has 0 fully saturated rings. The van der Waals surface area contributed by atoms with Crippen LogP contribution in [0.1, 0.15) is 0 Å². The standard InChI is InChI=1S/C12H12S2/c1-13-11-8-9-6-4-3-5-7-10(9)12(11)14-2/h3-8H,1-2H3. The molecule has 0 atom stereocenters. The van der Waals surface area contributed by atoms with E-state index >= 15 is 0 Å². The maximum atomic E-state index is 2.27. The second-order valence-electron chi connectivity index (χ2n) is 3.03. The first-order valence-corrected chi connectivity index (χ1v) is 6.91. The molecule has 0 nitrogen and oxygen atoms in total. The average molecular weight is 220 g/mol. The summed E-state index contributed by atoms with van der Waals surface area (Å²) in [5, 5.41) is 0. The van der Waals surface area contributed by atoms with Gasteiger partial charge < -0.3 is 0 Å². The Kier molecular flexibility index (Phi) is 3.04. The van der Waals surface area contributed by atoms with Gasteiger partial charge in [-0.05, 0) is 29.7 Å². The molecule has 0 aliphatic heterocycles. The summed E-state index contributed by atoms with van der Waals surface area (Å²) in [6, 6.07) is 12.9. The fourth-order valence-electron chi connectivity index (χ4n) is 1.60. The minimum absolute atomic E-state index is 1.34. The minimum atomic E-state index is 1.34. The van der Waals surface area contributed by atoms with Gasteiger partial charge in [-0.2, -0.15) is 0 Å². The minimum Gasteiger partial charge on any atom is -0.128 e. The Morgan fingerprint density at radius 2 is 1.71 bits per heavy atom. The Balaban J connectivity index is 2.68. The van der Waals surface area contributed by atoms with Crippen molar-refractivity contribution < 1.29 is 0 Å². The molecule has 0 amide bonds. The molecule has 0 aromatic heterocycles. The van der Waals surface area contributed by atoms with E-state index in [0.29, 0.717) is 0 Å². The Morgan fingerprint density at radius 1 is 0.929 bits per heavy atom. The van der Waals surface area contributed by atoms with Gasteiger partial charge in [0.2, 0.25) is 0 Å². The summed E-state index contributed by atoms with van der Waals surface area (Å²) >= 11 is 3.65. The molecule has 0 aromatic rings. The van der Waals surface area contributed by atoms with E-state index in [0.717, 1.165) is 0 Å². The van der Waals surface area contributed by atoms with Crippen molar-refractivity contribution in [3.8, 4) is 11.1 Å². The molecule has 0 aromatic carbocycles. The molecule has 0 radical (unpaired) electrons.